The second-order valence-electron chi connectivity index (χ2n) is 3.61. The fourth-order valence-electron chi connectivity index (χ4n) is 1.40. The predicted molar refractivity (Wildman–Crippen MR) is 48.2 cm³/mol. The molecule has 1 fully saturated rings. The summed E-state index contributed by atoms with van der Waals surface area (Å²) in [7, 11) is 0. The van der Waals surface area contributed by atoms with Crippen molar-refractivity contribution in [2.24, 2.45) is 5.92 Å². The molecule has 1 saturated heterocycles. The largest absolute Gasteiger partial charge is 0.394 e. The van der Waals surface area contributed by atoms with E-state index in [-0.39, 0.29) is 24.5 Å². The fraction of sp³-hybridized carbons (Fsp3) is 0.889. The molecular weight excluding hydrogens is 170 g/mol. The fourth-order valence-corrected chi connectivity index (χ4v) is 1.40. The molecule has 1 aliphatic rings. The Morgan fingerprint density at radius 2 is 2.38 bits per heavy atom. The van der Waals surface area contributed by atoms with Gasteiger partial charge in [0.25, 0.3) is 0 Å². The maximum absolute atomic E-state index is 11.5. The van der Waals surface area contributed by atoms with Crippen LogP contribution in [0.4, 0.5) is 0 Å². The van der Waals surface area contributed by atoms with Gasteiger partial charge in [0, 0.05) is 19.0 Å². The van der Waals surface area contributed by atoms with Gasteiger partial charge in [-0.3, -0.25) is 4.79 Å². The van der Waals surface area contributed by atoms with Crippen molar-refractivity contribution in [3.63, 3.8) is 0 Å². The van der Waals surface area contributed by atoms with Crippen molar-refractivity contribution in [2.75, 3.05) is 26.3 Å². The van der Waals surface area contributed by atoms with Crippen LogP contribution >= 0.6 is 0 Å². The molecule has 4 heteroatoms. The zero-order chi connectivity index (χ0) is 9.84. The van der Waals surface area contributed by atoms with Gasteiger partial charge in [-0.15, -0.1) is 0 Å². The molecule has 1 atom stereocenters. The number of hydrogen-bond acceptors (Lipinski definition) is 3. The summed E-state index contributed by atoms with van der Waals surface area (Å²) in [4.78, 5) is 13.3. The van der Waals surface area contributed by atoms with E-state index in [1.165, 1.54) is 0 Å². The SMILES string of the molecule is CC(C)C(=O)N1CCOC(CO)C1. The van der Waals surface area contributed by atoms with E-state index in [1.807, 2.05) is 13.8 Å². The van der Waals surface area contributed by atoms with Crippen molar-refractivity contribution < 1.29 is 14.6 Å². The highest BCUT2D eigenvalue weighted by molar-refractivity contribution is 5.78. The van der Waals surface area contributed by atoms with Gasteiger partial charge in [-0.2, -0.15) is 0 Å². The maximum atomic E-state index is 11.5. The molecule has 0 spiro atoms. The number of morpholine rings is 1. The van der Waals surface area contributed by atoms with Crippen LogP contribution in [0.1, 0.15) is 13.8 Å². The van der Waals surface area contributed by atoms with Crippen LogP contribution in [-0.2, 0) is 9.53 Å². The van der Waals surface area contributed by atoms with Gasteiger partial charge >= 0.3 is 0 Å². The number of carbonyl (C=O) groups is 1. The average molecular weight is 187 g/mol. The topological polar surface area (TPSA) is 49.8 Å². The summed E-state index contributed by atoms with van der Waals surface area (Å²) in [5.41, 5.74) is 0. The van der Waals surface area contributed by atoms with E-state index in [0.29, 0.717) is 19.7 Å². The Hall–Kier alpha value is -0.610. The monoisotopic (exact) mass is 187 g/mol. The molecule has 1 unspecified atom stereocenters. The molecule has 0 aromatic heterocycles. The molecule has 4 nitrogen and oxygen atoms in total. The highest BCUT2D eigenvalue weighted by Crippen LogP contribution is 2.08. The van der Waals surface area contributed by atoms with E-state index in [0.717, 1.165) is 0 Å². The molecule has 1 rings (SSSR count). The number of aliphatic hydroxyl groups excluding tert-OH is 1. The molecule has 0 aromatic carbocycles. The zero-order valence-electron chi connectivity index (χ0n) is 8.19. The molecule has 1 aliphatic heterocycles. The third kappa shape index (κ3) is 2.67. The lowest BCUT2D eigenvalue weighted by Gasteiger charge is -2.33. The van der Waals surface area contributed by atoms with Crippen LogP contribution in [0.15, 0.2) is 0 Å². The minimum Gasteiger partial charge on any atom is -0.394 e. The molecule has 0 aromatic rings. The molecule has 13 heavy (non-hydrogen) atoms. The van der Waals surface area contributed by atoms with Gasteiger partial charge in [-0.25, -0.2) is 0 Å². The number of amides is 1. The van der Waals surface area contributed by atoms with Crippen molar-refractivity contribution in [2.45, 2.75) is 20.0 Å². The number of ether oxygens (including phenoxy) is 1. The van der Waals surface area contributed by atoms with Gasteiger partial charge in [0.2, 0.25) is 5.91 Å². The summed E-state index contributed by atoms with van der Waals surface area (Å²) in [6.45, 7) is 5.45. The maximum Gasteiger partial charge on any atom is 0.225 e. The van der Waals surface area contributed by atoms with E-state index in [1.54, 1.807) is 4.90 Å². The van der Waals surface area contributed by atoms with Gasteiger partial charge < -0.3 is 14.7 Å². The first-order valence-electron chi connectivity index (χ1n) is 4.66. The van der Waals surface area contributed by atoms with Crippen LogP contribution in [0.25, 0.3) is 0 Å². The molecule has 0 bridgehead atoms. The van der Waals surface area contributed by atoms with Crippen molar-refractivity contribution in [1.29, 1.82) is 0 Å². The van der Waals surface area contributed by atoms with E-state index < -0.39 is 0 Å². The quantitative estimate of drug-likeness (QED) is 0.654. The van der Waals surface area contributed by atoms with Gasteiger partial charge in [0.15, 0.2) is 0 Å². The Morgan fingerprint density at radius 1 is 1.69 bits per heavy atom. The van der Waals surface area contributed by atoms with E-state index in [2.05, 4.69) is 0 Å². The average Bonchev–Trinajstić information content (AvgIpc) is 2.16. The highest BCUT2D eigenvalue weighted by atomic mass is 16.5. The summed E-state index contributed by atoms with van der Waals surface area (Å²) in [5.74, 6) is 0.166. The summed E-state index contributed by atoms with van der Waals surface area (Å²) in [6.07, 6.45) is -0.198. The van der Waals surface area contributed by atoms with Gasteiger partial charge in [-0.05, 0) is 0 Å². The Kier molecular flexibility index (Phi) is 3.69. The standard InChI is InChI=1S/C9H17NO3/c1-7(2)9(12)10-3-4-13-8(5-10)6-11/h7-8,11H,3-6H2,1-2H3. The Morgan fingerprint density at radius 3 is 2.92 bits per heavy atom. The van der Waals surface area contributed by atoms with Crippen molar-refractivity contribution >= 4 is 5.91 Å². The van der Waals surface area contributed by atoms with Crippen LogP contribution in [0, 0.1) is 5.92 Å². The Bertz CT molecular complexity index is 182. The van der Waals surface area contributed by atoms with Crippen molar-refractivity contribution in [3.05, 3.63) is 0 Å². The minimum atomic E-state index is -0.198. The highest BCUT2D eigenvalue weighted by Gasteiger charge is 2.24. The first-order chi connectivity index (χ1) is 6.15. The molecule has 1 heterocycles. The third-order valence-corrected chi connectivity index (χ3v) is 2.15. The summed E-state index contributed by atoms with van der Waals surface area (Å²) >= 11 is 0. The van der Waals surface area contributed by atoms with Gasteiger partial charge in [0.1, 0.15) is 0 Å². The lowest BCUT2D eigenvalue weighted by molar-refractivity contribution is -0.143. The van der Waals surface area contributed by atoms with Crippen LogP contribution in [-0.4, -0.2) is 48.3 Å². The van der Waals surface area contributed by atoms with E-state index in [9.17, 15) is 4.79 Å². The van der Waals surface area contributed by atoms with Gasteiger partial charge in [-0.1, -0.05) is 13.8 Å². The third-order valence-electron chi connectivity index (χ3n) is 2.15. The number of aliphatic hydroxyl groups is 1. The summed E-state index contributed by atoms with van der Waals surface area (Å²) in [6, 6.07) is 0. The first-order valence-corrected chi connectivity index (χ1v) is 4.66. The molecule has 0 aliphatic carbocycles. The molecular formula is C9H17NO3. The van der Waals surface area contributed by atoms with Crippen molar-refractivity contribution in [3.8, 4) is 0 Å². The molecule has 76 valence electrons. The summed E-state index contributed by atoms with van der Waals surface area (Å²) < 4.78 is 5.24. The molecule has 1 N–H and O–H groups in total. The Labute approximate surface area is 78.5 Å². The second-order valence-corrected chi connectivity index (χ2v) is 3.61. The number of nitrogens with zero attached hydrogens (tertiary/aromatic N) is 1. The summed E-state index contributed by atoms with van der Waals surface area (Å²) in [5, 5.41) is 8.87. The smallest absolute Gasteiger partial charge is 0.225 e. The van der Waals surface area contributed by atoms with Gasteiger partial charge in [0.05, 0.1) is 19.3 Å². The lowest BCUT2D eigenvalue weighted by atomic mass is 10.1. The molecule has 0 radical (unpaired) electrons. The first kappa shape index (κ1) is 10.5. The number of rotatable bonds is 2. The number of carbonyl (C=O) groups excluding carboxylic acids is 1. The van der Waals surface area contributed by atoms with E-state index >= 15 is 0 Å². The zero-order valence-corrected chi connectivity index (χ0v) is 8.19. The molecule has 1 amide bonds. The van der Waals surface area contributed by atoms with Crippen LogP contribution < -0.4 is 0 Å². The van der Waals surface area contributed by atoms with Crippen LogP contribution in [0.3, 0.4) is 0 Å². The van der Waals surface area contributed by atoms with E-state index in [4.69, 9.17) is 9.84 Å². The number of hydrogen-bond donors (Lipinski definition) is 1. The van der Waals surface area contributed by atoms with Crippen LogP contribution in [0.5, 0.6) is 0 Å². The Balaban J connectivity index is 2.46. The molecule has 0 saturated carbocycles. The van der Waals surface area contributed by atoms with Crippen molar-refractivity contribution in [1.82, 2.24) is 4.90 Å². The lowest BCUT2D eigenvalue weighted by Crippen LogP contribution is -2.48. The second kappa shape index (κ2) is 4.58. The predicted octanol–water partition coefficient (Wildman–Crippen LogP) is -0.138. The minimum absolute atomic E-state index is 0.0120. The van der Waals surface area contributed by atoms with Crippen LogP contribution in [0.2, 0.25) is 0 Å². The normalized spacial score (nSPS) is 23.7.